The molecule has 24 heavy (non-hydrogen) atoms. The molecule has 1 amide bonds. The third kappa shape index (κ3) is 3.35. The van der Waals surface area contributed by atoms with Crippen molar-refractivity contribution in [3.63, 3.8) is 0 Å². The molecule has 0 saturated heterocycles. The van der Waals surface area contributed by atoms with Crippen LogP contribution in [0.3, 0.4) is 0 Å². The topological polar surface area (TPSA) is 75.6 Å². The Hall–Kier alpha value is -2.56. The van der Waals surface area contributed by atoms with Crippen molar-refractivity contribution in [3.8, 4) is 5.75 Å². The van der Waals surface area contributed by atoms with E-state index in [9.17, 15) is 9.59 Å². The second kappa shape index (κ2) is 6.51. The molecule has 1 fully saturated rings. The zero-order valence-electron chi connectivity index (χ0n) is 13.8. The predicted octanol–water partition coefficient (Wildman–Crippen LogP) is 2.96. The van der Waals surface area contributed by atoms with Crippen LogP contribution in [0.15, 0.2) is 36.4 Å². The van der Waals surface area contributed by atoms with Gasteiger partial charge in [0.1, 0.15) is 5.75 Å². The Labute approximate surface area is 140 Å². The molecule has 2 aromatic rings. The lowest BCUT2D eigenvalue weighted by atomic mass is 10.0. The van der Waals surface area contributed by atoms with Gasteiger partial charge in [-0.3, -0.25) is 9.59 Å². The molecule has 2 aromatic carbocycles. The molecule has 1 aliphatic rings. The van der Waals surface area contributed by atoms with Crippen LogP contribution in [-0.4, -0.2) is 23.1 Å². The fourth-order valence-corrected chi connectivity index (χ4v) is 2.93. The molecule has 0 spiro atoms. The fourth-order valence-electron chi connectivity index (χ4n) is 2.93. The zero-order valence-corrected chi connectivity index (χ0v) is 13.8. The second-order valence-electron chi connectivity index (χ2n) is 6.43. The highest BCUT2D eigenvalue weighted by Gasteiger charge is 2.48. The number of hydrogen-bond acceptors (Lipinski definition) is 3. The van der Waals surface area contributed by atoms with Crippen molar-refractivity contribution in [2.75, 3.05) is 0 Å². The standard InChI is InChI=1S/C19H21NO4/c1-11(2)24-17-8-7-12-5-3-4-6-13(12)16(17)10-20-18(21)14-9-15(14)19(22)23/h3-8,11,14-15H,9-10H2,1-2H3,(H,20,21)(H,22,23). The lowest BCUT2D eigenvalue weighted by molar-refractivity contribution is -0.140. The highest BCUT2D eigenvalue weighted by molar-refractivity contribution is 5.91. The smallest absolute Gasteiger partial charge is 0.307 e. The van der Waals surface area contributed by atoms with Crippen LogP contribution in [0, 0.1) is 11.8 Å². The zero-order chi connectivity index (χ0) is 17.3. The van der Waals surface area contributed by atoms with Crippen LogP contribution in [0.5, 0.6) is 5.75 Å². The SMILES string of the molecule is CC(C)Oc1ccc2ccccc2c1CNC(=O)C1CC1C(=O)O. The largest absolute Gasteiger partial charge is 0.491 e. The monoisotopic (exact) mass is 327 g/mol. The van der Waals surface area contributed by atoms with Gasteiger partial charge in [0.25, 0.3) is 0 Å². The number of carbonyl (C=O) groups excluding carboxylic acids is 1. The maximum Gasteiger partial charge on any atom is 0.307 e. The van der Waals surface area contributed by atoms with Crippen molar-refractivity contribution in [2.45, 2.75) is 32.9 Å². The van der Waals surface area contributed by atoms with Crippen LogP contribution < -0.4 is 10.1 Å². The summed E-state index contributed by atoms with van der Waals surface area (Å²) in [7, 11) is 0. The first-order valence-electron chi connectivity index (χ1n) is 8.15. The molecule has 1 aliphatic carbocycles. The number of rotatable bonds is 6. The number of carboxylic acid groups (broad SMARTS) is 1. The Morgan fingerprint density at radius 1 is 1.21 bits per heavy atom. The van der Waals surface area contributed by atoms with E-state index < -0.39 is 17.8 Å². The minimum absolute atomic E-state index is 0.0282. The average molecular weight is 327 g/mol. The number of carboxylic acids is 1. The van der Waals surface area contributed by atoms with Gasteiger partial charge in [0.15, 0.2) is 0 Å². The minimum Gasteiger partial charge on any atom is -0.491 e. The summed E-state index contributed by atoms with van der Waals surface area (Å²) in [6.45, 7) is 4.24. The van der Waals surface area contributed by atoms with Crippen LogP contribution in [0.4, 0.5) is 0 Å². The number of nitrogens with one attached hydrogen (secondary N) is 1. The Kier molecular flexibility index (Phi) is 4.42. The summed E-state index contributed by atoms with van der Waals surface area (Å²) in [4.78, 5) is 23.0. The molecule has 5 heteroatoms. The van der Waals surface area contributed by atoms with E-state index in [0.29, 0.717) is 13.0 Å². The number of fused-ring (bicyclic) bond motifs is 1. The molecule has 0 bridgehead atoms. The third-order valence-electron chi connectivity index (χ3n) is 4.24. The lowest BCUT2D eigenvalue weighted by Gasteiger charge is -2.17. The maximum atomic E-state index is 12.1. The lowest BCUT2D eigenvalue weighted by Crippen LogP contribution is -2.26. The Bertz CT molecular complexity index is 784. The predicted molar refractivity (Wildman–Crippen MR) is 90.8 cm³/mol. The number of aliphatic carboxylic acids is 1. The second-order valence-corrected chi connectivity index (χ2v) is 6.43. The fraction of sp³-hybridized carbons (Fsp3) is 0.368. The first kappa shape index (κ1) is 16.3. The van der Waals surface area contributed by atoms with Crippen LogP contribution >= 0.6 is 0 Å². The van der Waals surface area contributed by atoms with Crippen molar-refractivity contribution in [1.29, 1.82) is 0 Å². The molecule has 2 atom stereocenters. The number of benzene rings is 2. The molecule has 1 saturated carbocycles. The van der Waals surface area contributed by atoms with E-state index in [2.05, 4.69) is 5.32 Å². The van der Waals surface area contributed by atoms with Crippen molar-refractivity contribution in [3.05, 3.63) is 42.0 Å². The summed E-state index contributed by atoms with van der Waals surface area (Å²) in [6, 6.07) is 11.9. The van der Waals surface area contributed by atoms with E-state index in [1.807, 2.05) is 50.2 Å². The normalized spacial score (nSPS) is 19.3. The first-order valence-corrected chi connectivity index (χ1v) is 8.15. The number of amides is 1. The van der Waals surface area contributed by atoms with Gasteiger partial charge in [0.05, 0.1) is 17.9 Å². The van der Waals surface area contributed by atoms with Gasteiger partial charge in [-0.2, -0.15) is 0 Å². The Morgan fingerprint density at radius 2 is 1.96 bits per heavy atom. The molecule has 5 nitrogen and oxygen atoms in total. The maximum absolute atomic E-state index is 12.1. The summed E-state index contributed by atoms with van der Waals surface area (Å²) >= 11 is 0. The quantitative estimate of drug-likeness (QED) is 0.855. The third-order valence-corrected chi connectivity index (χ3v) is 4.24. The molecule has 2 N–H and O–H groups in total. The van der Waals surface area contributed by atoms with E-state index in [-0.39, 0.29) is 12.0 Å². The first-order chi connectivity index (χ1) is 11.5. The van der Waals surface area contributed by atoms with E-state index in [4.69, 9.17) is 9.84 Å². The van der Waals surface area contributed by atoms with Crippen molar-refractivity contribution >= 4 is 22.6 Å². The van der Waals surface area contributed by atoms with Gasteiger partial charge < -0.3 is 15.2 Å². The van der Waals surface area contributed by atoms with Crippen LogP contribution in [0.2, 0.25) is 0 Å². The van der Waals surface area contributed by atoms with Gasteiger partial charge in [-0.25, -0.2) is 0 Å². The average Bonchev–Trinajstić information content (AvgIpc) is 3.34. The Morgan fingerprint density at radius 3 is 2.62 bits per heavy atom. The van der Waals surface area contributed by atoms with Crippen LogP contribution in [0.1, 0.15) is 25.8 Å². The van der Waals surface area contributed by atoms with Gasteiger partial charge in [-0.1, -0.05) is 30.3 Å². The van der Waals surface area contributed by atoms with E-state index in [0.717, 1.165) is 22.1 Å². The molecule has 2 unspecified atom stereocenters. The van der Waals surface area contributed by atoms with E-state index in [1.165, 1.54) is 0 Å². The van der Waals surface area contributed by atoms with Gasteiger partial charge in [0.2, 0.25) is 5.91 Å². The van der Waals surface area contributed by atoms with Gasteiger partial charge in [-0.15, -0.1) is 0 Å². The Balaban J connectivity index is 1.81. The van der Waals surface area contributed by atoms with Crippen LogP contribution in [0.25, 0.3) is 10.8 Å². The van der Waals surface area contributed by atoms with Crippen molar-refractivity contribution < 1.29 is 19.4 Å². The molecular weight excluding hydrogens is 306 g/mol. The van der Waals surface area contributed by atoms with E-state index in [1.54, 1.807) is 0 Å². The molecular formula is C19H21NO4. The van der Waals surface area contributed by atoms with Crippen molar-refractivity contribution in [1.82, 2.24) is 5.32 Å². The van der Waals surface area contributed by atoms with Gasteiger partial charge in [-0.05, 0) is 37.1 Å². The highest BCUT2D eigenvalue weighted by Crippen LogP contribution is 2.39. The molecule has 0 radical (unpaired) electrons. The minimum atomic E-state index is -0.899. The molecule has 126 valence electrons. The van der Waals surface area contributed by atoms with Crippen molar-refractivity contribution in [2.24, 2.45) is 11.8 Å². The molecule has 3 rings (SSSR count). The van der Waals surface area contributed by atoms with Gasteiger partial charge >= 0.3 is 5.97 Å². The van der Waals surface area contributed by atoms with Gasteiger partial charge in [0, 0.05) is 12.1 Å². The summed E-state index contributed by atoms with van der Waals surface area (Å²) in [5, 5.41) is 13.9. The molecule has 0 heterocycles. The number of ether oxygens (including phenoxy) is 1. The molecule has 0 aliphatic heterocycles. The number of carbonyl (C=O) groups is 2. The summed E-state index contributed by atoms with van der Waals surface area (Å²) in [6.07, 6.45) is 0.451. The van der Waals surface area contributed by atoms with Crippen LogP contribution in [-0.2, 0) is 16.1 Å². The summed E-state index contributed by atoms with van der Waals surface area (Å²) in [5.41, 5.74) is 0.919. The summed E-state index contributed by atoms with van der Waals surface area (Å²) in [5.74, 6) is -1.31. The molecule has 0 aromatic heterocycles. The van der Waals surface area contributed by atoms with E-state index >= 15 is 0 Å². The summed E-state index contributed by atoms with van der Waals surface area (Å²) < 4.78 is 5.88. The number of hydrogen-bond donors (Lipinski definition) is 2. The highest BCUT2D eigenvalue weighted by atomic mass is 16.5.